The number of carboxylic acid groups (broad SMARTS) is 1. The molecule has 0 aliphatic rings. The molecule has 0 saturated carbocycles. The summed E-state index contributed by atoms with van der Waals surface area (Å²) in [5.74, 6) is -1.17. The molecule has 3 aromatic rings. The van der Waals surface area contributed by atoms with Gasteiger partial charge in [0.2, 0.25) is 0 Å². The van der Waals surface area contributed by atoms with Crippen molar-refractivity contribution >= 4 is 17.3 Å². The predicted molar refractivity (Wildman–Crippen MR) is 96.1 cm³/mol. The molecular weight excluding hydrogens is 357 g/mol. The Hall–Kier alpha value is -3.35. The second-order valence-corrected chi connectivity index (χ2v) is 5.96. The number of benzene rings is 2. The standard InChI is InChI=1S/C20H15F3N2O2/c1-12-7-8-17(15(9-12)19(26)27)25-14-10-16(20(21,22)23)18(24-11-14)13-5-3-2-4-6-13/h2-11,25H,1H3,(H,26,27). The third kappa shape index (κ3) is 4.08. The number of hydrogen-bond donors (Lipinski definition) is 2. The number of pyridine rings is 1. The zero-order chi connectivity index (χ0) is 19.6. The molecule has 7 heteroatoms. The summed E-state index contributed by atoms with van der Waals surface area (Å²) in [6.45, 7) is 1.73. The maximum Gasteiger partial charge on any atom is 0.418 e. The lowest BCUT2D eigenvalue weighted by atomic mass is 10.0. The van der Waals surface area contributed by atoms with Crippen molar-refractivity contribution in [3.05, 3.63) is 77.5 Å². The van der Waals surface area contributed by atoms with E-state index in [0.29, 0.717) is 5.56 Å². The van der Waals surface area contributed by atoms with Crippen LogP contribution in [0.25, 0.3) is 11.3 Å². The molecule has 138 valence electrons. The summed E-state index contributed by atoms with van der Waals surface area (Å²) < 4.78 is 40.7. The molecule has 0 fully saturated rings. The summed E-state index contributed by atoms with van der Waals surface area (Å²) in [5, 5.41) is 12.0. The van der Waals surface area contributed by atoms with Crippen LogP contribution in [0.3, 0.4) is 0 Å². The van der Waals surface area contributed by atoms with Gasteiger partial charge in [-0.15, -0.1) is 0 Å². The Morgan fingerprint density at radius 3 is 2.41 bits per heavy atom. The number of aromatic nitrogens is 1. The maximum absolute atomic E-state index is 13.6. The Labute approximate surface area is 153 Å². The normalized spacial score (nSPS) is 11.3. The second kappa shape index (κ2) is 7.11. The number of aromatic carboxylic acids is 1. The van der Waals surface area contributed by atoms with Gasteiger partial charge in [-0.2, -0.15) is 13.2 Å². The molecule has 1 aromatic heterocycles. The van der Waals surface area contributed by atoms with Crippen molar-refractivity contribution in [2.45, 2.75) is 13.1 Å². The first-order valence-corrected chi connectivity index (χ1v) is 7.99. The van der Waals surface area contributed by atoms with Gasteiger partial charge in [-0.3, -0.25) is 4.98 Å². The zero-order valence-corrected chi connectivity index (χ0v) is 14.2. The number of halogens is 3. The minimum atomic E-state index is -4.61. The van der Waals surface area contributed by atoms with Gasteiger partial charge in [0.05, 0.1) is 34.4 Å². The second-order valence-electron chi connectivity index (χ2n) is 5.96. The molecule has 0 atom stereocenters. The zero-order valence-electron chi connectivity index (χ0n) is 14.2. The monoisotopic (exact) mass is 372 g/mol. The largest absolute Gasteiger partial charge is 0.478 e. The molecule has 0 aliphatic heterocycles. The van der Waals surface area contributed by atoms with Gasteiger partial charge < -0.3 is 10.4 Å². The van der Waals surface area contributed by atoms with Crippen LogP contribution < -0.4 is 5.32 Å². The molecule has 0 aliphatic carbocycles. The third-order valence-corrected chi connectivity index (χ3v) is 3.92. The van der Waals surface area contributed by atoms with Crippen molar-refractivity contribution in [3.63, 3.8) is 0 Å². The highest BCUT2D eigenvalue weighted by molar-refractivity contribution is 5.95. The molecule has 0 radical (unpaired) electrons. The number of nitrogens with one attached hydrogen (secondary N) is 1. The lowest BCUT2D eigenvalue weighted by molar-refractivity contribution is -0.137. The summed E-state index contributed by atoms with van der Waals surface area (Å²) in [6, 6.07) is 13.6. The fourth-order valence-corrected chi connectivity index (χ4v) is 2.67. The van der Waals surface area contributed by atoms with Gasteiger partial charge in [0.25, 0.3) is 0 Å². The van der Waals surface area contributed by atoms with E-state index in [4.69, 9.17) is 0 Å². The number of rotatable bonds is 4. The Bertz CT molecular complexity index is 986. The number of aryl methyl sites for hydroxylation is 1. The summed E-state index contributed by atoms with van der Waals surface area (Å²) in [5.41, 5.74) is 0.197. The number of nitrogens with zero attached hydrogens (tertiary/aromatic N) is 1. The van der Waals surface area contributed by atoms with Crippen molar-refractivity contribution in [1.29, 1.82) is 0 Å². The highest BCUT2D eigenvalue weighted by Gasteiger charge is 2.35. The third-order valence-electron chi connectivity index (χ3n) is 3.92. The van der Waals surface area contributed by atoms with Crippen molar-refractivity contribution < 1.29 is 23.1 Å². The first-order chi connectivity index (χ1) is 12.8. The van der Waals surface area contributed by atoms with Gasteiger partial charge in [0, 0.05) is 5.56 Å². The van der Waals surface area contributed by atoms with E-state index in [-0.39, 0.29) is 22.6 Å². The number of hydrogen-bond acceptors (Lipinski definition) is 3. The molecule has 0 spiro atoms. The molecule has 0 saturated heterocycles. The van der Waals surface area contributed by atoms with Crippen LogP contribution in [0.15, 0.2) is 60.8 Å². The van der Waals surface area contributed by atoms with E-state index in [1.54, 1.807) is 43.3 Å². The summed E-state index contributed by atoms with van der Waals surface area (Å²) in [6.07, 6.45) is -3.36. The van der Waals surface area contributed by atoms with E-state index in [1.807, 2.05) is 0 Å². The maximum atomic E-state index is 13.6. The molecular formula is C20H15F3N2O2. The van der Waals surface area contributed by atoms with E-state index in [0.717, 1.165) is 11.6 Å². The minimum Gasteiger partial charge on any atom is -0.478 e. The van der Waals surface area contributed by atoms with Crippen LogP contribution >= 0.6 is 0 Å². The van der Waals surface area contributed by atoms with Gasteiger partial charge in [-0.1, -0.05) is 42.0 Å². The van der Waals surface area contributed by atoms with Gasteiger partial charge in [-0.05, 0) is 25.1 Å². The molecule has 0 unspecified atom stereocenters. The van der Waals surface area contributed by atoms with Crippen molar-refractivity contribution in [3.8, 4) is 11.3 Å². The number of alkyl halides is 3. The topological polar surface area (TPSA) is 62.2 Å². The van der Waals surface area contributed by atoms with Crippen LogP contribution in [0.5, 0.6) is 0 Å². The number of carboxylic acids is 1. The van der Waals surface area contributed by atoms with E-state index in [2.05, 4.69) is 10.3 Å². The summed E-state index contributed by atoms with van der Waals surface area (Å²) in [7, 11) is 0. The molecule has 4 nitrogen and oxygen atoms in total. The Kier molecular flexibility index (Phi) is 4.85. The van der Waals surface area contributed by atoms with Gasteiger partial charge in [0.1, 0.15) is 0 Å². The van der Waals surface area contributed by atoms with Crippen LogP contribution in [-0.2, 0) is 6.18 Å². The Morgan fingerprint density at radius 1 is 1.07 bits per heavy atom. The number of carbonyl (C=O) groups is 1. The highest BCUT2D eigenvalue weighted by atomic mass is 19.4. The van der Waals surface area contributed by atoms with Crippen LogP contribution in [0, 0.1) is 6.92 Å². The van der Waals surface area contributed by atoms with Crippen LogP contribution in [0.2, 0.25) is 0 Å². The lowest BCUT2D eigenvalue weighted by Gasteiger charge is -2.16. The van der Waals surface area contributed by atoms with E-state index < -0.39 is 17.7 Å². The van der Waals surface area contributed by atoms with Crippen LogP contribution in [0.1, 0.15) is 21.5 Å². The van der Waals surface area contributed by atoms with Crippen molar-refractivity contribution in [1.82, 2.24) is 4.98 Å². The molecule has 0 bridgehead atoms. The molecule has 1 heterocycles. The van der Waals surface area contributed by atoms with E-state index in [1.165, 1.54) is 18.3 Å². The van der Waals surface area contributed by atoms with Gasteiger partial charge >= 0.3 is 12.1 Å². The van der Waals surface area contributed by atoms with Gasteiger partial charge in [0.15, 0.2) is 0 Å². The summed E-state index contributed by atoms with van der Waals surface area (Å²) >= 11 is 0. The lowest BCUT2D eigenvalue weighted by Crippen LogP contribution is -2.10. The van der Waals surface area contributed by atoms with Gasteiger partial charge in [-0.25, -0.2) is 4.79 Å². The minimum absolute atomic E-state index is 0.0318. The predicted octanol–water partition coefficient (Wildman–Crippen LogP) is 5.52. The molecule has 2 aromatic carbocycles. The first-order valence-electron chi connectivity index (χ1n) is 7.99. The Morgan fingerprint density at radius 2 is 1.78 bits per heavy atom. The molecule has 27 heavy (non-hydrogen) atoms. The number of anilines is 2. The Balaban J connectivity index is 2.05. The fourth-order valence-electron chi connectivity index (χ4n) is 2.67. The van der Waals surface area contributed by atoms with E-state index in [9.17, 15) is 23.1 Å². The quantitative estimate of drug-likeness (QED) is 0.633. The first kappa shape index (κ1) is 18.4. The molecule has 2 N–H and O–H groups in total. The highest BCUT2D eigenvalue weighted by Crippen LogP contribution is 2.37. The average molecular weight is 372 g/mol. The van der Waals surface area contributed by atoms with Crippen molar-refractivity contribution in [2.75, 3.05) is 5.32 Å². The fraction of sp³-hybridized carbons (Fsp3) is 0.100. The van der Waals surface area contributed by atoms with Crippen LogP contribution in [0.4, 0.5) is 24.5 Å². The van der Waals surface area contributed by atoms with Crippen molar-refractivity contribution in [2.24, 2.45) is 0 Å². The smallest absolute Gasteiger partial charge is 0.418 e. The molecule has 0 amide bonds. The molecule has 3 rings (SSSR count). The van der Waals surface area contributed by atoms with Crippen LogP contribution in [-0.4, -0.2) is 16.1 Å². The average Bonchev–Trinajstić information content (AvgIpc) is 2.63. The van der Waals surface area contributed by atoms with E-state index >= 15 is 0 Å². The SMILES string of the molecule is Cc1ccc(Nc2cnc(-c3ccccc3)c(C(F)(F)F)c2)c(C(=O)O)c1. The summed E-state index contributed by atoms with van der Waals surface area (Å²) in [4.78, 5) is 15.4.